The van der Waals surface area contributed by atoms with E-state index in [4.69, 9.17) is 9.47 Å². The van der Waals surface area contributed by atoms with Gasteiger partial charge in [-0.15, -0.1) is 0 Å². The van der Waals surface area contributed by atoms with Crippen molar-refractivity contribution < 1.29 is 37.0 Å². The monoisotopic (exact) mass is 463 g/mol. The highest BCUT2D eigenvalue weighted by Gasteiger charge is 2.32. The largest absolute Gasteiger partial charge is 0.494 e. The number of carbonyl (C=O) groups excluding carboxylic acids is 3. The van der Waals surface area contributed by atoms with Gasteiger partial charge < -0.3 is 14.4 Å². The number of hydrogen-bond donors (Lipinski definition) is 0. The van der Waals surface area contributed by atoms with Crippen molar-refractivity contribution in [2.45, 2.75) is 25.9 Å². The van der Waals surface area contributed by atoms with Crippen molar-refractivity contribution >= 4 is 17.7 Å². The van der Waals surface area contributed by atoms with E-state index in [9.17, 15) is 27.6 Å². The first kappa shape index (κ1) is 24.3. The fourth-order valence-electron chi connectivity index (χ4n) is 3.54. The van der Waals surface area contributed by atoms with E-state index in [0.717, 1.165) is 24.3 Å². The molecular formula is C24H24F3NO5. The molecule has 0 radical (unpaired) electrons. The number of nitrogens with zero attached hydrogens (tertiary/aromatic N) is 1. The number of halogens is 3. The quantitative estimate of drug-likeness (QED) is 0.450. The van der Waals surface area contributed by atoms with Crippen LogP contribution in [0.5, 0.6) is 5.75 Å². The number of carbonyl (C=O) groups is 3. The molecule has 1 amide bonds. The maximum atomic E-state index is 12.7. The van der Waals surface area contributed by atoms with Crippen LogP contribution in [0.25, 0.3) is 0 Å². The van der Waals surface area contributed by atoms with Crippen LogP contribution >= 0.6 is 0 Å². The van der Waals surface area contributed by atoms with E-state index < -0.39 is 23.6 Å². The van der Waals surface area contributed by atoms with Crippen molar-refractivity contribution in [2.75, 3.05) is 26.3 Å². The first-order chi connectivity index (χ1) is 15.7. The average Bonchev–Trinajstić information content (AvgIpc) is 2.82. The highest BCUT2D eigenvalue weighted by atomic mass is 19.4. The van der Waals surface area contributed by atoms with Gasteiger partial charge in [0.2, 0.25) is 0 Å². The lowest BCUT2D eigenvalue weighted by Crippen LogP contribution is -2.40. The van der Waals surface area contributed by atoms with Crippen LogP contribution in [0.2, 0.25) is 0 Å². The fraction of sp³-hybridized carbons (Fsp3) is 0.375. The Kier molecular flexibility index (Phi) is 7.73. The summed E-state index contributed by atoms with van der Waals surface area (Å²) >= 11 is 0. The number of ketones is 1. The zero-order valence-corrected chi connectivity index (χ0v) is 18.1. The van der Waals surface area contributed by atoms with E-state index >= 15 is 0 Å². The van der Waals surface area contributed by atoms with Gasteiger partial charge in [-0.05, 0) is 68.3 Å². The van der Waals surface area contributed by atoms with Crippen LogP contribution in [0.3, 0.4) is 0 Å². The minimum atomic E-state index is -4.46. The highest BCUT2D eigenvalue weighted by Crippen LogP contribution is 2.29. The van der Waals surface area contributed by atoms with Crippen LogP contribution in [0, 0.1) is 5.92 Å². The van der Waals surface area contributed by atoms with E-state index in [-0.39, 0.29) is 37.0 Å². The zero-order chi connectivity index (χ0) is 24.0. The summed E-state index contributed by atoms with van der Waals surface area (Å²) in [6.45, 7) is 2.53. The molecule has 0 bridgehead atoms. The molecule has 1 saturated heterocycles. The molecular weight excluding hydrogens is 439 g/mol. The van der Waals surface area contributed by atoms with E-state index in [2.05, 4.69) is 0 Å². The Morgan fingerprint density at radius 2 is 1.52 bits per heavy atom. The number of Topliss-reactive ketones (excluding diaryl/α,β-unsaturated/α-hetero) is 1. The molecule has 1 heterocycles. The molecule has 0 N–H and O–H groups in total. The van der Waals surface area contributed by atoms with Crippen LogP contribution in [0.1, 0.15) is 46.0 Å². The van der Waals surface area contributed by atoms with E-state index in [1.54, 1.807) is 24.3 Å². The first-order valence-electron chi connectivity index (χ1n) is 10.6. The topological polar surface area (TPSA) is 72.9 Å². The maximum Gasteiger partial charge on any atom is 0.416 e. The highest BCUT2D eigenvalue weighted by molar-refractivity contribution is 5.98. The molecule has 0 saturated carbocycles. The van der Waals surface area contributed by atoms with Gasteiger partial charge in [0.1, 0.15) is 5.75 Å². The Hall–Kier alpha value is -3.36. The van der Waals surface area contributed by atoms with Gasteiger partial charge in [0.05, 0.1) is 18.1 Å². The molecule has 2 aromatic rings. The van der Waals surface area contributed by atoms with Gasteiger partial charge in [0.25, 0.3) is 5.91 Å². The third kappa shape index (κ3) is 6.34. The summed E-state index contributed by atoms with van der Waals surface area (Å²) in [7, 11) is 0. The maximum absolute atomic E-state index is 12.7. The molecule has 0 aliphatic carbocycles. The zero-order valence-electron chi connectivity index (χ0n) is 18.1. The van der Waals surface area contributed by atoms with Crippen molar-refractivity contribution in [1.82, 2.24) is 4.90 Å². The number of amides is 1. The van der Waals surface area contributed by atoms with E-state index in [0.29, 0.717) is 30.8 Å². The van der Waals surface area contributed by atoms with Gasteiger partial charge in [-0.1, -0.05) is 0 Å². The SMILES string of the molecule is CCOc1ccc(C(=O)COC(=O)C2CCN(C(=O)c3ccc(C(F)(F)F)cc3)CC2)cc1. The van der Waals surface area contributed by atoms with E-state index in [1.165, 1.54) is 4.90 Å². The molecule has 0 atom stereocenters. The van der Waals surface area contributed by atoms with Crippen molar-refractivity contribution in [2.24, 2.45) is 5.92 Å². The molecule has 3 rings (SSSR count). The summed E-state index contributed by atoms with van der Waals surface area (Å²) in [5.74, 6) is -1.03. The predicted octanol–water partition coefficient (Wildman–Crippen LogP) is 4.38. The Balaban J connectivity index is 1.46. The number of hydrogen-bond acceptors (Lipinski definition) is 5. The molecule has 0 unspecified atom stereocenters. The van der Waals surface area contributed by atoms with Gasteiger partial charge in [-0.3, -0.25) is 14.4 Å². The molecule has 0 aromatic heterocycles. The second-order valence-corrected chi connectivity index (χ2v) is 7.63. The number of esters is 1. The normalized spacial score (nSPS) is 14.6. The molecule has 2 aromatic carbocycles. The number of piperidine rings is 1. The lowest BCUT2D eigenvalue weighted by atomic mass is 9.96. The van der Waals surface area contributed by atoms with E-state index in [1.807, 2.05) is 6.92 Å². The summed E-state index contributed by atoms with van der Waals surface area (Å²) in [6, 6.07) is 10.6. The Labute approximate surface area is 189 Å². The van der Waals surface area contributed by atoms with Crippen molar-refractivity contribution in [3.63, 3.8) is 0 Å². The molecule has 9 heteroatoms. The lowest BCUT2D eigenvalue weighted by Gasteiger charge is -2.31. The lowest BCUT2D eigenvalue weighted by molar-refractivity contribution is -0.148. The standard InChI is InChI=1S/C24H24F3NO5/c1-2-32-20-9-5-16(6-10-20)21(29)15-33-23(31)18-11-13-28(14-12-18)22(30)17-3-7-19(8-4-17)24(25,26)27/h3-10,18H,2,11-15H2,1H3. The number of likely N-dealkylation sites (tertiary alicyclic amines) is 1. The molecule has 0 spiro atoms. The van der Waals surface area contributed by atoms with Gasteiger partial charge in [-0.25, -0.2) is 0 Å². The molecule has 176 valence electrons. The molecule has 33 heavy (non-hydrogen) atoms. The third-order valence-corrected chi connectivity index (χ3v) is 5.41. The summed E-state index contributed by atoms with van der Waals surface area (Å²) in [5, 5.41) is 0. The van der Waals surface area contributed by atoms with Crippen LogP contribution in [0.15, 0.2) is 48.5 Å². The number of ether oxygens (including phenoxy) is 2. The average molecular weight is 463 g/mol. The number of alkyl halides is 3. The third-order valence-electron chi connectivity index (χ3n) is 5.41. The van der Waals surface area contributed by atoms with Gasteiger partial charge >= 0.3 is 12.1 Å². The molecule has 6 nitrogen and oxygen atoms in total. The fourth-order valence-corrected chi connectivity index (χ4v) is 3.54. The summed E-state index contributed by atoms with van der Waals surface area (Å²) < 4.78 is 48.5. The van der Waals surface area contributed by atoms with Crippen LogP contribution in [-0.4, -0.2) is 48.9 Å². The van der Waals surface area contributed by atoms with Gasteiger partial charge in [0.15, 0.2) is 12.4 Å². The van der Waals surface area contributed by atoms with Crippen LogP contribution in [0.4, 0.5) is 13.2 Å². The minimum Gasteiger partial charge on any atom is -0.494 e. The van der Waals surface area contributed by atoms with Gasteiger partial charge in [-0.2, -0.15) is 13.2 Å². The Morgan fingerprint density at radius 1 is 0.939 bits per heavy atom. The Bertz CT molecular complexity index is 979. The Morgan fingerprint density at radius 3 is 2.06 bits per heavy atom. The smallest absolute Gasteiger partial charge is 0.416 e. The second-order valence-electron chi connectivity index (χ2n) is 7.63. The summed E-state index contributed by atoms with van der Waals surface area (Å²) in [4.78, 5) is 38.6. The van der Waals surface area contributed by atoms with Gasteiger partial charge in [0, 0.05) is 24.2 Å². The molecule has 1 aliphatic heterocycles. The number of rotatable bonds is 7. The summed E-state index contributed by atoms with van der Waals surface area (Å²) in [5.41, 5.74) is -0.256. The second kappa shape index (κ2) is 10.5. The summed E-state index contributed by atoms with van der Waals surface area (Å²) in [6.07, 6.45) is -3.76. The van der Waals surface area contributed by atoms with Crippen molar-refractivity contribution in [1.29, 1.82) is 0 Å². The predicted molar refractivity (Wildman–Crippen MR) is 113 cm³/mol. The van der Waals surface area contributed by atoms with Crippen LogP contribution < -0.4 is 4.74 Å². The minimum absolute atomic E-state index is 0.157. The molecule has 1 fully saturated rings. The van der Waals surface area contributed by atoms with Crippen molar-refractivity contribution in [3.05, 3.63) is 65.2 Å². The van der Waals surface area contributed by atoms with Crippen LogP contribution in [-0.2, 0) is 15.7 Å². The number of benzene rings is 2. The van der Waals surface area contributed by atoms with Crippen molar-refractivity contribution in [3.8, 4) is 5.75 Å². The first-order valence-corrected chi connectivity index (χ1v) is 10.6. The molecule has 1 aliphatic rings.